The molecule has 1 saturated heterocycles. The van der Waals surface area contributed by atoms with Crippen LogP contribution in [-0.2, 0) is 28.1 Å². The highest BCUT2D eigenvalue weighted by Crippen LogP contribution is 2.23. The fraction of sp³-hybridized carbons (Fsp3) is 0.667. The number of carbonyl (C=O) groups is 1. The normalized spacial score (nSPS) is 19.9. The molecular formula is C12H18FN3O3S. The van der Waals surface area contributed by atoms with Crippen molar-refractivity contribution in [2.45, 2.75) is 45.5 Å². The maximum Gasteiger partial charge on any atom is 0.307 e. The van der Waals surface area contributed by atoms with Gasteiger partial charge in [-0.3, -0.25) is 9.48 Å². The van der Waals surface area contributed by atoms with Gasteiger partial charge in [-0.05, 0) is 20.8 Å². The number of amides is 1. The van der Waals surface area contributed by atoms with E-state index in [0.29, 0.717) is 0 Å². The van der Waals surface area contributed by atoms with Crippen molar-refractivity contribution in [2.24, 2.45) is 0 Å². The van der Waals surface area contributed by atoms with E-state index in [9.17, 15) is 17.1 Å². The summed E-state index contributed by atoms with van der Waals surface area (Å²) in [6.45, 7) is 6.63. The second-order valence-corrected chi connectivity index (χ2v) is 6.66. The highest BCUT2D eigenvalue weighted by atomic mass is 32.3. The van der Waals surface area contributed by atoms with E-state index >= 15 is 0 Å². The summed E-state index contributed by atoms with van der Waals surface area (Å²) in [6.07, 6.45) is -0.279. The molecule has 1 fully saturated rings. The molecule has 112 valence electrons. The van der Waals surface area contributed by atoms with Crippen molar-refractivity contribution < 1.29 is 17.1 Å². The lowest BCUT2D eigenvalue weighted by Gasteiger charge is -2.16. The second-order valence-electron chi connectivity index (χ2n) is 5.04. The van der Waals surface area contributed by atoms with Crippen LogP contribution >= 0.6 is 0 Å². The fourth-order valence-electron chi connectivity index (χ4n) is 2.54. The molecule has 0 aliphatic carbocycles. The summed E-state index contributed by atoms with van der Waals surface area (Å²) in [6, 6.07) is 0. The highest BCUT2D eigenvalue weighted by molar-refractivity contribution is 7.87. The largest absolute Gasteiger partial charge is 0.337 e. The Balaban J connectivity index is 2.19. The maximum atomic E-state index is 13.0. The van der Waals surface area contributed by atoms with Crippen LogP contribution < -0.4 is 0 Å². The summed E-state index contributed by atoms with van der Waals surface area (Å²) < 4.78 is 36.6. The van der Waals surface area contributed by atoms with Gasteiger partial charge in [-0.2, -0.15) is 13.5 Å². The molecule has 0 bridgehead atoms. The minimum absolute atomic E-state index is 0.0894. The number of likely N-dealkylation sites (tertiary alicyclic amines) is 1. The second kappa shape index (κ2) is 5.16. The van der Waals surface area contributed by atoms with Gasteiger partial charge in [-0.15, -0.1) is 3.89 Å². The Morgan fingerprint density at radius 3 is 2.50 bits per heavy atom. The lowest BCUT2D eigenvalue weighted by molar-refractivity contribution is -0.128. The first-order chi connectivity index (χ1) is 9.24. The number of aryl methyl sites for hydroxylation is 2. The third-order valence-corrected chi connectivity index (χ3v) is 4.87. The maximum absolute atomic E-state index is 13.0. The molecule has 0 N–H and O–H groups in total. The Hall–Kier alpha value is -1.44. The van der Waals surface area contributed by atoms with Crippen LogP contribution in [0.4, 0.5) is 3.89 Å². The van der Waals surface area contributed by atoms with Crippen molar-refractivity contribution in [1.82, 2.24) is 14.7 Å². The Bertz CT molecular complexity index is 639. The van der Waals surface area contributed by atoms with Gasteiger partial charge in [-0.1, -0.05) is 0 Å². The van der Waals surface area contributed by atoms with E-state index in [-0.39, 0.29) is 25.4 Å². The van der Waals surface area contributed by atoms with Crippen LogP contribution in [0.15, 0.2) is 0 Å². The molecular weight excluding hydrogens is 285 g/mol. The molecule has 0 radical (unpaired) electrons. The number of hydrogen-bond donors (Lipinski definition) is 0. The van der Waals surface area contributed by atoms with Gasteiger partial charge in [0.2, 0.25) is 5.91 Å². The van der Waals surface area contributed by atoms with Crippen molar-refractivity contribution in [1.29, 1.82) is 0 Å². The van der Waals surface area contributed by atoms with Crippen LogP contribution in [0, 0.1) is 13.8 Å². The molecule has 1 aliphatic heterocycles. The van der Waals surface area contributed by atoms with Crippen molar-refractivity contribution in [2.75, 3.05) is 6.54 Å². The molecule has 8 heteroatoms. The van der Waals surface area contributed by atoms with E-state index in [2.05, 4.69) is 5.10 Å². The smallest absolute Gasteiger partial charge is 0.307 e. The summed E-state index contributed by atoms with van der Waals surface area (Å²) in [5, 5.41) is 3.11. The van der Waals surface area contributed by atoms with Crippen LogP contribution in [0.1, 0.15) is 30.3 Å². The molecule has 6 nitrogen and oxygen atoms in total. The monoisotopic (exact) mass is 303 g/mol. The van der Waals surface area contributed by atoms with Gasteiger partial charge in [0.1, 0.15) is 5.25 Å². The molecule has 1 aliphatic rings. The standard InChI is InChI=1S/C12H18FN3O3S/c1-4-16-9(3)11(8(2)14-16)7-15-6-10(5-12(15)17)20(13,18)19/h10H,4-7H2,1-3H3. The van der Waals surface area contributed by atoms with Gasteiger partial charge in [0.05, 0.1) is 5.69 Å². The molecule has 1 aromatic heterocycles. The molecule has 1 aromatic rings. The molecule has 1 amide bonds. The molecule has 1 unspecified atom stereocenters. The van der Waals surface area contributed by atoms with Crippen LogP contribution in [0.3, 0.4) is 0 Å². The van der Waals surface area contributed by atoms with Crippen molar-refractivity contribution in [3.05, 3.63) is 17.0 Å². The van der Waals surface area contributed by atoms with Crippen LogP contribution in [0.2, 0.25) is 0 Å². The van der Waals surface area contributed by atoms with E-state index < -0.39 is 15.5 Å². The van der Waals surface area contributed by atoms with Crippen LogP contribution in [0.25, 0.3) is 0 Å². The molecule has 2 heterocycles. The number of carbonyl (C=O) groups excluding carboxylic acids is 1. The van der Waals surface area contributed by atoms with Gasteiger partial charge in [0, 0.05) is 37.3 Å². The van der Waals surface area contributed by atoms with Crippen LogP contribution in [-0.4, -0.2) is 40.8 Å². The molecule has 0 saturated carbocycles. The van der Waals surface area contributed by atoms with Gasteiger partial charge in [0.25, 0.3) is 0 Å². The number of halogens is 1. The number of rotatable bonds is 4. The molecule has 1 atom stereocenters. The molecule has 0 aromatic carbocycles. The fourth-order valence-corrected chi connectivity index (χ4v) is 3.24. The first kappa shape index (κ1) is 15.0. The SMILES string of the molecule is CCn1nc(C)c(CN2CC(S(=O)(=O)F)CC2=O)c1C. The Labute approximate surface area is 117 Å². The molecule has 0 spiro atoms. The zero-order chi connectivity index (χ0) is 15.1. The molecule has 20 heavy (non-hydrogen) atoms. The summed E-state index contributed by atoms with van der Waals surface area (Å²) >= 11 is 0. The van der Waals surface area contributed by atoms with E-state index in [1.54, 1.807) is 0 Å². The first-order valence-corrected chi connectivity index (χ1v) is 7.92. The van der Waals surface area contributed by atoms with E-state index in [1.807, 2.05) is 25.5 Å². The zero-order valence-electron chi connectivity index (χ0n) is 11.8. The van der Waals surface area contributed by atoms with Crippen molar-refractivity contribution in [3.63, 3.8) is 0 Å². The van der Waals surface area contributed by atoms with Crippen molar-refractivity contribution in [3.8, 4) is 0 Å². The van der Waals surface area contributed by atoms with Crippen LogP contribution in [0.5, 0.6) is 0 Å². The van der Waals surface area contributed by atoms with E-state index in [0.717, 1.165) is 23.5 Å². The summed E-state index contributed by atoms with van der Waals surface area (Å²) in [5.74, 6) is -0.334. The van der Waals surface area contributed by atoms with E-state index in [1.165, 1.54) is 4.90 Å². The van der Waals surface area contributed by atoms with Gasteiger partial charge in [-0.25, -0.2) is 0 Å². The summed E-state index contributed by atoms with van der Waals surface area (Å²) in [4.78, 5) is 13.2. The highest BCUT2D eigenvalue weighted by Gasteiger charge is 2.38. The Kier molecular flexibility index (Phi) is 3.86. The Morgan fingerprint density at radius 2 is 2.05 bits per heavy atom. The minimum Gasteiger partial charge on any atom is -0.337 e. The van der Waals surface area contributed by atoms with Gasteiger partial charge in [0.15, 0.2) is 0 Å². The van der Waals surface area contributed by atoms with Gasteiger partial charge >= 0.3 is 10.2 Å². The summed E-state index contributed by atoms with van der Waals surface area (Å²) in [5.41, 5.74) is 2.66. The minimum atomic E-state index is -4.66. The molecule has 2 rings (SSSR count). The third-order valence-electron chi connectivity index (χ3n) is 3.76. The average molecular weight is 303 g/mol. The number of aromatic nitrogens is 2. The number of hydrogen-bond acceptors (Lipinski definition) is 4. The first-order valence-electron chi connectivity index (χ1n) is 6.48. The van der Waals surface area contributed by atoms with E-state index in [4.69, 9.17) is 0 Å². The lowest BCUT2D eigenvalue weighted by Crippen LogP contribution is -2.27. The quantitative estimate of drug-likeness (QED) is 0.775. The van der Waals surface area contributed by atoms with Crippen molar-refractivity contribution >= 4 is 16.1 Å². The predicted molar refractivity (Wildman–Crippen MR) is 71.2 cm³/mol. The lowest BCUT2D eigenvalue weighted by atomic mass is 10.2. The average Bonchev–Trinajstić information content (AvgIpc) is 2.84. The third kappa shape index (κ3) is 2.70. The Morgan fingerprint density at radius 1 is 1.40 bits per heavy atom. The zero-order valence-corrected chi connectivity index (χ0v) is 12.6. The van der Waals surface area contributed by atoms with Gasteiger partial charge < -0.3 is 4.90 Å². The summed E-state index contributed by atoms with van der Waals surface area (Å²) in [7, 11) is -4.66. The topological polar surface area (TPSA) is 72.3 Å². The predicted octanol–water partition coefficient (Wildman–Crippen LogP) is 0.920. The number of nitrogens with zero attached hydrogens (tertiary/aromatic N) is 3.